The molecule has 0 fully saturated rings. The summed E-state index contributed by atoms with van der Waals surface area (Å²) in [6.45, 7) is 4.81. The molecule has 0 aliphatic rings. The summed E-state index contributed by atoms with van der Waals surface area (Å²) in [7, 11) is 1.85. The van der Waals surface area contributed by atoms with Crippen LogP contribution in [-0.2, 0) is 11.2 Å². The molecule has 0 bridgehead atoms. The highest BCUT2D eigenvalue weighted by molar-refractivity contribution is 9.10. The normalized spacial score (nSPS) is 12.5. The van der Waals surface area contributed by atoms with E-state index in [0.29, 0.717) is 5.92 Å². The number of amides is 1. The molecule has 0 spiro atoms. The Bertz CT molecular complexity index is 354. The van der Waals surface area contributed by atoms with E-state index in [1.54, 1.807) is 17.3 Å². The number of hydrogen-bond donors (Lipinski definition) is 0. The quantitative estimate of drug-likeness (QED) is 0.783. The SMILES string of the molecule is CC(C)C(Br)C(=O)N(C)CCc1ccncc1. The average Bonchev–Trinajstić information content (AvgIpc) is 2.35. The van der Waals surface area contributed by atoms with Crippen molar-refractivity contribution in [1.29, 1.82) is 0 Å². The molecule has 1 amide bonds. The predicted molar refractivity (Wildman–Crippen MR) is 73.1 cm³/mol. The van der Waals surface area contributed by atoms with E-state index in [4.69, 9.17) is 0 Å². The van der Waals surface area contributed by atoms with Crippen molar-refractivity contribution in [3.63, 3.8) is 0 Å². The number of carbonyl (C=O) groups is 1. The average molecular weight is 299 g/mol. The Labute approximate surface area is 111 Å². The van der Waals surface area contributed by atoms with Crippen LogP contribution in [0, 0.1) is 5.92 Å². The number of hydrogen-bond acceptors (Lipinski definition) is 2. The zero-order chi connectivity index (χ0) is 12.8. The Balaban J connectivity index is 2.45. The van der Waals surface area contributed by atoms with Gasteiger partial charge in [-0.3, -0.25) is 9.78 Å². The molecule has 94 valence electrons. The van der Waals surface area contributed by atoms with Crippen molar-refractivity contribution in [2.75, 3.05) is 13.6 Å². The van der Waals surface area contributed by atoms with Crippen LogP contribution in [0.25, 0.3) is 0 Å². The predicted octanol–water partition coefficient (Wildman–Crippen LogP) is 2.50. The summed E-state index contributed by atoms with van der Waals surface area (Å²) < 4.78 is 0. The Morgan fingerprint density at radius 1 is 1.41 bits per heavy atom. The van der Waals surface area contributed by atoms with Gasteiger partial charge in [0.15, 0.2) is 0 Å². The maximum atomic E-state index is 12.0. The minimum atomic E-state index is -0.0926. The van der Waals surface area contributed by atoms with Gasteiger partial charge in [-0.2, -0.15) is 0 Å². The van der Waals surface area contributed by atoms with Crippen LogP contribution in [0.5, 0.6) is 0 Å². The van der Waals surface area contributed by atoms with Gasteiger partial charge in [0, 0.05) is 26.0 Å². The van der Waals surface area contributed by atoms with Crippen LogP contribution in [0.1, 0.15) is 19.4 Å². The molecule has 3 nitrogen and oxygen atoms in total. The summed E-state index contributed by atoms with van der Waals surface area (Å²) in [5, 5.41) is 0. The lowest BCUT2D eigenvalue weighted by atomic mass is 10.1. The number of likely N-dealkylation sites (N-methyl/N-ethyl adjacent to an activating group) is 1. The smallest absolute Gasteiger partial charge is 0.236 e. The monoisotopic (exact) mass is 298 g/mol. The Morgan fingerprint density at radius 3 is 2.53 bits per heavy atom. The first kappa shape index (κ1) is 14.2. The molecule has 1 aromatic heterocycles. The van der Waals surface area contributed by atoms with Crippen molar-refractivity contribution < 1.29 is 4.79 Å². The van der Waals surface area contributed by atoms with E-state index < -0.39 is 0 Å². The van der Waals surface area contributed by atoms with Gasteiger partial charge in [0.05, 0.1) is 4.83 Å². The van der Waals surface area contributed by atoms with Crippen LogP contribution in [-0.4, -0.2) is 34.2 Å². The van der Waals surface area contributed by atoms with Crippen molar-refractivity contribution in [2.24, 2.45) is 5.92 Å². The van der Waals surface area contributed by atoms with Gasteiger partial charge >= 0.3 is 0 Å². The molecule has 0 N–H and O–H groups in total. The fraction of sp³-hybridized carbons (Fsp3) is 0.538. The van der Waals surface area contributed by atoms with Crippen LogP contribution < -0.4 is 0 Å². The first-order valence-corrected chi connectivity index (χ1v) is 6.72. The molecule has 1 heterocycles. The molecule has 1 aromatic rings. The van der Waals surface area contributed by atoms with E-state index >= 15 is 0 Å². The van der Waals surface area contributed by atoms with Gasteiger partial charge in [0.25, 0.3) is 0 Å². The van der Waals surface area contributed by atoms with E-state index in [9.17, 15) is 4.79 Å². The van der Waals surface area contributed by atoms with Gasteiger partial charge in [-0.15, -0.1) is 0 Å². The van der Waals surface area contributed by atoms with E-state index in [-0.39, 0.29) is 10.7 Å². The third-order valence-electron chi connectivity index (χ3n) is 2.68. The summed E-state index contributed by atoms with van der Waals surface area (Å²) in [5.41, 5.74) is 1.20. The Hall–Kier alpha value is -0.900. The molecule has 1 rings (SSSR count). The molecule has 4 heteroatoms. The molecule has 17 heavy (non-hydrogen) atoms. The number of aromatic nitrogens is 1. The number of nitrogens with zero attached hydrogens (tertiary/aromatic N) is 2. The molecule has 0 radical (unpaired) electrons. The molecular weight excluding hydrogens is 280 g/mol. The molecule has 0 aliphatic heterocycles. The molecule has 0 aromatic carbocycles. The van der Waals surface area contributed by atoms with Crippen molar-refractivity contribution in [2.45, 2.75) is 25.1 Å². The molecule has 1 atom stereocenters. The molecular formula is C13H19BrN2O. The lowest BCUT2D eigenvalue weighted by molar-refractivity contribution is -0.129. The first-order chi connectivity index (χ1) is 8.02. The highest BCUT2D eigenvalue weighted by atomic mass is 79.9. The van der Waals surface area contributed by atoms with Gasteiger partial charge < -0.3 is 4.90 Å². The topological polar surface area (TPSA) is 33.2 Å². The second-order valence-corrected chi connectivity index (χ2v) is 5.50. The van der Waals surface area contributed by atoms with Crippen molar-refractivity contribution in [3.05, 3.63) is 30.1 Å². The zero-order valence-electron chi connectivity index (χ0n) is 10.6. The second kappa shape index (κ2) is 6.74. The lowest BCUT2D eigenvalue weighted by Crippen LogP contribution is -2.37. The van der Waals surface area contributed by atoms with E-state index in [2.05, 4.69) is 20.9 Å². The fourth-order valence-corrected chi connectivity index (χ4v) is 1.80. The van der Waals surface area contributed by atoms with Gasteiger partial charge in [0.2, 0.25) is 5.91 Å². The van der Waals surface area contributed by atoms with Gasteiger partial charge in [-0.25, -0.2) is 0 Å². The first-order valence-electron chi connectivity index (χ1n) is 5.80. The summed E-state index contributed by atoms with van der Waals surface area (Å²) in [4.78, 5) is 17.6. The molecule has 0 saturated carbocycles. The van der Waals surface area contributed by atoms with Gasteiger partial charge in [-0.05, 0) is 30.0 Å². The highest BCUT2D eigenvalue weighted by Crippen LogP contribution is 2.14. The van der Waals surface area contributed by atoms with Crippen molar-refractivity contribution >= 4 is 21.8 Å². The number of carbonyl (C=O) groups excluding carboxylic acids is 1. The maximum Gasteiger partial charge on any atom is 0.236 e. The van der Waals surface area contributed by atoms with Crippen LogP contribution in [0.4, 0.5) is 0 Å². The highest BCUT2D eigenvalue weighted by Gasteiger charge is 2.21. The number of halogens is 1. The molecule has 0 aliphatic carbocycles. The standard InChI is InChI=1S/C13H19BrN2O/c1-10(2)12(14)13(17)16(3)9-6-11-4-7-15-8-5-11/h4-5,7-8,10,12H,6,9H2,1-3H3. The van der Waals surface area contributed by atoms with E-state index in [1.165, 1.54) is 5.56 Å². The van der Waals surface area contributed by atoms with Crippen molar-refractivity contribution in [3.8, 4) is 0 Å². The summed E-state index contributed by atoms with van der Waals surface area (Å²) >= 11 is 3.43. The van der Waals surface area contributed by atoms with Crippen LogP contribution in [0.2, 0.25) is 0 Å². The van der Waals surface area contributed by atoms with Crippen molar-refractivity contribution in [1.82, 2.24) is 9.88 Å². The molecule has 1 unspecified atom stereocenters. The summed E-state index contributed by atoms with van der Waals surface area (Å²) in [6, 6.07) is 3.96. The Kier molecular flexibility index (Phi) is 5.62. The van der Waals surface area contributed by atoms with E-state index in [1.807, 2.05) is 33.0 Å². The van der Waals surface area contributed by atoms with Gasteiger partial charge in [0.1, 0.15) is 0 Å². The maximum absolute atomic E-state index is 12.0. The lowest BCUT2D eigenvalue weighted by Gasteiger charge is -2.22. The number of alkyl halides is 1. The van der Waals surface area contributed by atoms with Crippen LogP contribution in [0.3, 0.4) is 0 Å². The second-order valence-electron chi connectivity index (χ2n) is 4.51. The molecule has 0 saturated heterocycles. The summed E-state index contributed by atoms with van der Waals surface area (Å²) in [5.74, 6) is 0.458. The third-order valence-corrected chi connectivity index (χ3v) is 4.13. The number of pyridine rings is 1. The van der Waals surface area contributed by atoms with Gasteiger partial charge in [-0.1, -0.05) is 29.8 Å². The number of rotatable bonds is 5. The van der Waals surface area contributed by atoms with Crippen LogP contribution in [0.15, 0.2) is 24.5 Å². The minimum absolute atomic E-state index is 0.0926. The Morgan fingerprint density at radius 2 is 2.00 bits per heavy atom. The fourth-order valence-electron chi connectivity index (χ4n) is 1.45. The zero-order valence-corrected chi connectivity index (χ0v) is 12.1. The minimum Gasteiger partial charge on any atom is -0.344 e. The van der Waals surface area contributed by atoms with E-state index in [0.717, 1.165) is 13.0 Å². The largest absolute Gasteiger partial charge is 0.344 e. The third kappa shape index (κ3) is 4.46. The summed E-state index contributed by atoms with van der Waals surface area (Å²) in [6.07, 6.45) is 4.42. The van der Waals surface area contributed by atoms with Crippen LogP contribution >= 0.6 is 15.9 Å².